The Morgan fingerprint density at radius 2 is 2.25 bits per heavy atom. The Bertz CT molecular complexity index is 105. The molecule has 1 radical (unpaired) electrons. The number of unbranched alkanes of at least 4 members (excludes halogenated alkanes) is 2. The van der Waals surface area contributed by atoms with Gasteiger partial charge in [0.05, 0.1) is 0 Å². The van der Waals surface area contributed by atoms with E-state index in [0.29, 0.717) is 6.61 Å². The van der Waals surface area contributed by atoms with Crippen molar-refractivity contribution in [1.82, 2.24) is 5.32 Å². The molecule has 1 N–H and O–H groups in total. The van der Waals surface area contributed by atoms with Crippen LogP contribution in [0.2, 0.25) is 0 Å². The topological polar surface area (TPSA) is 34.3 Å². The number of aliphatic hydroxyl groups excluding tert-OH is 1. The molecule has 0 bridgehead atoms. The monoisotopic (exact) mass is 188 g/mol. The molecule has 0 aliphatic carbocycles. The van der Waals surface area contributed by atoms with Crippen molar-refractivity contribution < 1.29 is 5.11 Å². The van der Waals surface area contributed by atoms with Crippen LogP contribution >= 0.6 is 11.8 Å². The minimum Gasteiger partial charge on any atom is -0.396 e. The lowest BCUT2D eigenvalue weighted by atomic mass is 10.1. The second kappa shape index (κ2) is 6.75. The van der Waals surface area contributed by atoms with E-state index in [0.717, 1.165) is 24.8 Å². The van der Waals surface area contributed by atoms with Crippen molar-refractivity contribution in [2.24, 2.45) is 0 Å². The van der Waals surface area contributed by atoms with Gasteiger partial charge in [-0.2, -0.15) is 11.8 Å². The van der Waals surface area contributed by atoms with Gasteiger partial charge in [-0.05, 0) is 12.8 Å². The number of thioether (sulfide) groups is 1. The summed E-state index contributed by atoms with van der Waals surface area (Å²) in [5, 5.41) is 13.7. The van der Waals surface area contributed by atoms with Gasteiger partial charge in [0.25, 0.3) is 0 Å². The molecule has 1 atom stereocenters. The third-order valence-electron chi connectivity index (χ3n) is 2.12. The highest BCUT2D eigenvalue weighted by Gasteiger charge is 2.12. The molecule has 1 fully saturated rings. The van der Waals surface area contributed by atoms with Gasteiger partial charge >= 0.3 is 0 Å². The van der Waals surface area contributed by atoms with Gasteiger partial charge in [0.2, 0.25) is 0 Å². The van der Waals surface area contributed by atoms with Crippen LogP contribution in [-0.4, -0.2) is 35.8 Å². The molecule has 3 heteroatoms. The van der Waals surface area contributed by atoms with E-state index >= 15 is 0 Å². The van der Waals surface area contributed by atoms with E-state index in [1.54, 1.807) is 0 Å². The summed E-state index contributed by atoms with van der Waals surface area (Å²) in [6, 6.07) is 0. The average Bonchev–Trinajstić information content (AvgIpc) is 2.14. The Morgan fingerprint density at radius 3 is 2.92 bits per heavy atom. The van der Waals surface area contributed by atoms with Crippen LogP contribution in [0.15, 0.2) is 0 Å². The molecule has 0 aromatic carbocycles. The largest absolute Gasteiger partial charge is 0.396 e. The van der Waals surface area contributed by atoms with E-state index in [4.69, 9.17) is 5.11 Å². The highest BCUT2D eigenvalue weighted by molar-refractivity contribution is 8.00. The van der Waals surface area contributed by atoms with E-state index in [1.807, 2.05) is 0 Å². The maximum absolute atomic E-state index is 8.58. The molecule has 1 aliphatic heterocycles. The summed E-state index contributed by atoms with van der Waals surface area (Å²) in [4.78, 5) is 0. The average molecular weight is 188 g/mol. The predicted molar refractivity (Wildman–Crippen MR) is 53.7 cm³/mol. The summed E-state index contributed by atoms with van der Waals surface area (Å²) < 4.78 is 0. The van der Waals surface area contributed by atoms with Crippen LogP contribution in [0.1, 0.15) is 25.7 Å². The van der Waals surface area contributed by atoms with E-state index in [1.165, 1.54) is 25.0 Å². The van der Waals surface area contributed by atoms with Gasteiger partial charge in [-0.3, -0.25) is 0 Å². The SMILES string of the molecule is OCCCCCC1C[N]CCS1. The van der Waals surface area contributed by atoms with Crippen LogP contribution < -0.4 is 5.32 Å². The summed E-state index contributed by atoms with van der Waals surface area (Å²) in [6.45, 7) is 2.46. The van der Waals surface area contributed by atoms with Gasteiger partial charge in [-0.25, -0.2) is 5.32 Å². The molecule has 1 unspecified atom stereocenters. The summed E-state index contributed by atoms with van der Waals surface area (Å²) >= 11 is 2.06. The second-order valence-corrected chi connectivity index (χ2v) is 4.60. The summed E-state index contributed by atoms with van der Waals surface area (Å²) in [6.07, 6.45) is 4.68. The maximum Gasteiger partial charge on any atom is 0.0431 e. The maximum atomic E-state index is 8.58. The molecule has 1 rings (SSSR count). The molecule has 2 nitrogen and oxygen atoms in total. The molecule has 0 spiro atoms. The van der Waals surface area contributed by atoms with Gasteiger partial charge < -0.3 is 5.11 Å². The molecule has 0 aromatic rings. The number of nitrogens with zero attached hydrogens (tertiary/aromatic N) is 1. The minimum absolute atomic E-state index is 0.349. The van der Waals surface area contributed by atoms with Gasteiger partial charge in [0, 0.05) is 30.7 Å². The highest BCUT2D eigenvalue weighted by atomic mass is 32.2. The standard InChI is InChI=1S/C9H18NOS/c11-6-3-1-2-4-9-8-10-5-7-12-9/h9,11H,1-8H2. The summed E-state index contributed by atoms with van der Waals surface area (Å²) in [5.74, 6) is 1.21. The van der Waals surface area contributed by atoms with Crippen molar-refractivity contribution in [3.05, 3.63) is 0 Å². The fourth-order valence-electron chi connectivity index (χ4n) is 1.41. The van der Waals surface area contributed by atoms with Crippen molar-refractivity contribution >= 4 is 11.8 Å². The van der Waals surface area contributed by atoms with Crippen molar-refractivity contribution in [3.63, 3.8) is 0 Å². The van der Waals surface area contributed by atoms with Crippen molar-refractivity contribution in [3.8, 4) is 0 Å². The van der Waals surface area contributed by atoms with E-state index < -0.39 is 0 Å². The van der Waals surface area contributed by atoms with Crippen LogP contribution in [0, 0.1) is 0 Å². The zero-order chi connectivity index (χ0) is 8.65. The zero-order valence-corrected chi connectivity index (χ0v) is 8.35. The molecule has 1 saturated heterocycles. The molecule has 1 aliphatic rings. The Kier molecular flexibility index (Phi) is 5.82. The Hall–Kier alpha value is 0.270. The number of hydrogen-bond donors (Lipinski definition) is 1. The first-order valence-corrected chi connectivity index (χ1v) is 5.84. The number of aliphatic hydroxyl groups is 1. The van der Waals surface area contributed by atoms with Gasteiger partial charge in [0.15, 0.2) is 0 Å². The van der Waals surface area contributed by atoms with E-state index in [-0.39, 0.29) is 0 Å². The molecule has 0 aromatic heterocycles. The van der Waals surface area contributed by atoms with Crippen LogP contribution in [0.5, 0.6) is 0 Å². The smallest absolute Gasteiger partial charge is 0.0431 e. The molecule has 0 amide bonds. The Labute approximate surface area is 79.1 Å². The van der Waals surface area contributed by atoms with Crippen LogP contribution in [0.25, 0.3) is 0 Å². The van der Waals surface area contributed by atoms with E-state index in [2.05, 4.69) is 17.1 Å². The van der Waals surface area contributed by atoms with Crippen LogP contribution in [-0.2, 0) is 0 Å². The van der Waals surface area contributed by atoms with Gasteiger partial charge in [-0.1, -0.05) is 12.8 Å². The zero-order valence-electron chi connectivity index (χ0n) is 7.54. The lowest BCUT2D eigenvalue weighted by Gasteiger charge is -2.20. The second-order valence-electron chi connectivity index (χ2n) is 3.20. The van der Waals surface area contributed by atoms with E-state index in [9.17, 15) is 0 Å². The summed E-state index contributed by atoms with van der Waals surface area (Å²) in [7, 11) is 0. The van der Waals surface area contributed by atoms with Crippen LogP contribution in [0.4, 0.5) is 0 Å². The first-order chi connectivity index (χ1) is 5.93. The molecule has 1 heterocycles. The third-order valence-corrected chi connectivity index (χ3v) is 3.39. The molecular formula is C9H18NOS. The van der Waals surface area contributed by atoms with Crippen molar-refractivity contribution in [1.29, 1.82) is 0 Å². The van der Waals surface area contributed by atoms with Crippen molar-refractivity contribution in [2.75, 3.05) is 25.4 Å². The quantitative estimate of drug-likeness (QED) is 0.659. The molecule has 12 heavy (non-hydrogen) atoms. The first-order valence-electron chi connectivity index (χ1n) is 4.79. The predicted octanol–water partition coefficient (Wildman–Crippen LogP) is 1.26. The normalized spacial score (nSPS) is 24.2. The van der Waals surface area contributed by atoms with Gasteiger partial charge in [-0.15, -0.1) is 0 Å². The van der Waals surface area contributed by atoms with Gasteiger partial charge in [0.1, 0.15) is 0 Å². The fraction of sp³-hybridized carbons (Fsp3) is 1.00. The molecular weight excluding hydrogens is 170 g/mol. The Morgan fingerprint density at radius 1 is 1.33 bits per heavy atom. The molecule has 0 saturated carbocycles. The lowest BCUT2D eigenvalue weighted by Crippen LogP contribution is -2.27. The number of hydrogen-bond acceptors (Lipinski definition) is 2. The van der Waals surface area contributed by atoms with Crippen LogP contribution in [0.3, 0.4) is 0 Å². The highest BCUT2D eigenvalue weighted by Crippen LogP contribution is 2.19. The lowest BCUT2D eigenvalue weighted by molar-refractivity contribution is 0.282. The first kappa shape index (κ1) is 10.4. The number of rotatable bonds is 5. The van der Waals surface area contributed by atoms with Crippen molar-refractivity contribution in [2.45, 2.75) is 30.9 Å². The molecule has 71 valence electrons. The third kappa shape index (κ3) is 4.33. The Balaban J connectivity index is 1.91. The summed E-state index contributed by atoms with van der Waals surface area (Å²) in [5.41, 5.74) is 0. The fourth-order valence-corrected chi connectivity index (χ4v) is 2.52. The minimum atomic E-state index is 0.349.